The van der Waals surface area contributed by atoms with Gasteiger partial charge in [0, 0.05) is 5.56 Å². The molecule has 4 nitrogen and oxygen atoms in total. The molecule has 1 rings (SSSR count). The van der Waals surface area contributed by atoms with Gasteiger partial charge >= 0.3 is 5.97 Å². The van der Waals surface area contributed by atoms with E-state index in [0.717, 1.165) is 6.42 Å². The van der Waals surface area contributed by atoms with Crippen molar-refractivity contribution < 1.29 is 19.1 Å². The molecule has 0 heterocycles. The van der Waals surface area contributed by atoms with Crippen molar-refractivity contribution in [3.63, 3.8) is 0 Å². The van der Waals surface area contributed by atoms with E-state index in [2.05, 4.69) is 0 Å². The van der Waals surface area contributed by atoms with Gasteiger partial charge in [-0.1, -0.05) is 13.8 Å². The summed E-state index contributed by atoms with van der Waals surface area (Å²) in [5.41, 5.74) is 0.319. The van der Waals surface area contributed by atoms with Crippen LogP contribution in [0.15, 0.2) is 24.3 Å². The van der Waals surface area contributed by atoms with Crippen molar-refractivity contribution in [2.24, 2.45) is 0 Å². The number of hydrogen-bond donors (Lipinski definition) is 0. The monoisotopic (exact) mass is 250 g/mol. The van der Waals surface area contributed by atoms with Gasteiger partial charge in [-0.2, -0.15) is 0 Å². The fourth-order valence-corrected chi connectivity index (χ4v) is 1.30. The standard InChI is InChI=1S/C14H18O4/c1-3-9-17-12-7-5-11(6-8-12)13(15)14(16)18-10-4-2/h5-8H,3-4,9-10H2,1-2H3. The maximum absolute atomic E-state index is 11.7. The van der Waals surface area contributed by atoms with Crippen molar-refractivity contribution in [2.45, 2.75) is 26.7 Å². The maximum Gasteiger partial charge on any atom is 0.379 e. The molecule has 0 saturated heterocycles. The van der Waals surface area contributed by atoms with Gasteiger partial charge in [0.25, 0.3) is 5.78 Å². The number of ether oxygens (including phenoxy) is 2. The minimum absolute atomic E-state index is 0.266. The molecule has 18 heavy (non-hydrogen) atoms. The van der Waals surface area contributed by atoms with Crippen LogP contribution in [0.3, 0.4) is 0 Å². The summed E-state index contributed by atoms with van der Waals surface area (Å²) < 4.78 is 10.2. The second-order valence-corrected chi connectivity index (χ2v) is 3.84. The third-order valence-corrected chi connectivity index (χ3v) is 2.21. The van der Waals surface area contributed by atoms with Gasteiger partial charge in [0.15, 0.2) is 0 Å². The first-order valence-electron chi connectivity index (χ1n) is 6.13. The van der Waals surface area contributed by atoms with Crippen LogP contribution in [0.2, 0.25) is 0 Å². The third-order valence-electron chi connectivity index (χ3n) is 2.21. The minimum Gasteiger partial charge on any atom is -0.494 e. The molecule has 0 saturated carbocycles. The van der Waals surface area contributed by atoms with E-state index in [1.807, 2.05) is 13.8 Å². The molecular weight excluding hydrogens is 232 g/mol. The van der Waals surface area contributed by atoms with Crippen molar-refractivity contribution >= 4 is 11.8 Å². The number of rotatable bonds is 7. The van der Waals surface area contributed by atoms with E-state index >= 15 is 0 Å². The molecule has 0 amide bonds. The molecule has 0 fully saturated rings. The highest BCUT2D eigenvalue weighted by Crippen LogP contribution is 2.13. The lowest BCUT2D eigenvalue weighted by Crippen LogP contribution is -2.17. The average Bonchev–Trinajstić information content (AvgIpc) is 2.42. The van der Waals surface area contributed by atoms with Gasteiger partial charge < -0.3 is 9.47 Å². The van der Waals surface area contributed by atoms with Crippen LogP contribution in [-0.2, 0) is 9.53 Å². The molecule has 0 aromatic heterocycles. The van der Waals surface area contributed by atoms with Crippen LogP contribution in [0.4, 0.5) is 0 Å². The number of hydrogen-bond acceptors (Lipinski definition) is 4. The Morgan fingerprint density at radius 3 is 2.17 bits per heavy atom. The van der Waals surface area contributed by atoms with Crippen LogP contribution in [-0.4, -0.2) is 25.0 Å². The molecule has 98 valence electrons. The summed E-state index contributed by atoms with van der Waals surface area (Å²) >= 11 is 0. The lowest BCUT2D eigenvalue weighted by Gasteiger charge is -2.05. The molecule has 0 spiro atoms. The Morgan fingerprint density at radius 2 is 1.61 bits per heavy atom. The Hall–Kier alpha value is -1.84. The van der Waals surface area contributed by atoms with Crippen LogP contribution >= 0.6 is 0 Å². The summed E-state index contributed by atoms with van der Waals surface area (Å²) in [7, 11) is 0. The van der Waals surface area contributed by atoms with Gasteiger partial charge in [-0.15, -0.1) is 0 Å². The van der Waals surface area contributed by atoms with Crippen LogP contribution < -0.4 is 4.74 Å². The lowest BCUT2D eigenvalue weighted by molar-refractivity contribution is -0.138. The zero-order chi connectivity index (χ0) is 13.4. The summed E-state index contributed by atoms with van der Waals surface area (Å²) in [6, 6.07) is 6.49. The molecule has 1 aromatic rings. The fourth-order valence-electron chi connectivity index (χ4n) is 1.30. The van der Waals surface area contributed by atoms with Gasteiger partial charge in [-0.25, -0.2) is 4.79 Å². The largest absolute Gasteiger partial charge is 0.494 e. The molecule has 0 unspecified atom stereocenters. The third kappa shape index (κ3) is 4.20. The van der Waals surface area contributed by atoms with E-state index in [9.17, 15) is 9.59 Å². The first-order valence-corrected chi connectivity index (χ1v) is 6.13. The molecule has 4 heteroatoms. The molecule has 1 aromatic carbocycles. The average molecular weight is 250 g/mol. The maximum atomic E-state index is 11.7. The molecule has 0 aliphatic rings. The first kappa shape index (κ1) is 14.2. The number of ketones is 1. The number of esters is 1. The Morgan fingerprint density at radius 1 is 1.00 bits per heavy atom. The van der Waals surface area contributed by atoms with E-state index in [1.54, 1.807) is 24.3 Å². The lowest BCUT2D eigenvalue weighted by atomic mass is 10.1. The van der Waals surface area contributed by atoms with E-state index in [-0.39, 0.29) is 6.61 Å². The normalized spacial score (nSPS) is 9.89. The van der Waals surface area contributed by atoms with Crippen molar-refractivity contribution in [1.29, 1.82) is 0 Å². The van der Waals surface area contributed by atoms with Crippen LogP contribution in [0.25, 0.3) is 0 Å². The van der Waals surface area contributed by atoms with Crippen molar-refractivity contribution in [3.8, 4) is 5.75 Å². The topological polar surface area (TPSA) is 52.6 Å². The minimum atomic E-state index is -0.806. The van der Waals surface area contributed by atoms with E-state index in [1.165, 1.54) is 0 Å². The second-order valence-electron chi connectivity index (χ2n) is 3.84. The van der Waals surface area contributed by atoms with Crippen LogP contribution in [0.1, 0.15) is 37.0 Å². The predicted molar refractivity (Wildman–Crippen MR) is 67.8 cm³/mol. The van der Waals surface area contributed by atoms with Gasteiger partial charge in [0.1, 0.15) is 5.75 Å². The molecule has 0 radical (unpaired) electrons. The van der Waals surface area contributed by atoms with Crippen molar-refractivity contribution in [2.75, 3.05) is 13.2 Å². The van der Waals surface area contributed by atoms with Crippen LogP contribution in [0, 0.1) is 0 Å². The van der Waals surface area contributed by atoms with Crippen molar-refractivity contribution in [1.82, 2.24) is 0 Å². The summed E-state index contributed by atoms with van der Waals surface area (Å²) in [4.78, 5) is 23.0. The summed E-state index contributed by atoms with van der Waals surface area (Å²) in [6.07, 6.45) is 1.62. The highest BCUT2D eigenvalue weighted by molar-refractivity contribution is 6.40. The van der Waals surface area contributed by atoms with E-state index < -0.39 is 11.8 Å². The molecule has 0 N–H and O–H groups in total. The Balaban J connectivity index is 2.61. The highest BCUT2D eigenvalue weighted by Gasteiger charge is 2.17. The number of carbonyl (C=O) groups excluding carboxylic acids is 2. The Bertz CT molecular complexity index is 395. The summed E-state index contributed by atoms with van der Waals surface area (Å²) in [6.45, 7) is 4.79. The van der Waals surface area contributed by atoms with Crippen molar-refractivity contribution in [3.05, 3.63) is 29.8 Å². The fraction of sp³-hybridized carbons (Fsp3) is 0.429. The Kier molecular flexibility index (Phi) is 5.91. The predicted octanol–water partition coefficient (Wildman–Crippen LogP) is 2.61. The highest BCUT2D eigenvalue weighted by atomic mass is 16.5. The zero-order valence-electron chi connectivity index (χ0n) is 10.8. The van der Waals surface area contributed by atoms with Gasteiger partial charge in [0.2, 0.25) is 0 Å². The van der Waals surface area contributed by atoms with Gasteiger partial charge in [0.05, 0.1) is 13.2 Å². The zero-order valence-corrected chi connectivity index (χ0v) is 10.8. The molecule has 0 aliphatic heterocycles. The molecular formula is C14H18O4. The quantitative estimate of drug-likeness (QED) is 0.424. The van der Waals surface area contributed by atoms with Gasteiger partial charge in [-0.3, -0.25) is 4.79 Å². The molecule has 0 atom stereocenters. The van der Waals surface area contributed by atoms with Gasteiger partial charge in [-0.05, 0) is 37.1 Å². The number of carbonyl (C=O) groups is 2. The first-order chi connectivity index (χ1) is 8.69. The Labute approximate surface area is 107 Å². The SMILES string of the molecule is CCCOC(=O)C(=O)c1ccc(OCCC)cc1. The number of Topliss-reactive ketones (excluding diaryl/α,β-unsaturated/α-hetero) is 1. The van der Waals surface area contributed by atoms with E-state index in [4.69, 9.17) is 9.47 Å². The van der Waals surface area contributed by atoms with Crippen LogP contribution in [0.5, 0.6) is 5.75 Å². The smallest absolute Gasteiger partial charge is 0.379 e. The second kappa shape index (κ2) is 7.48. The molecule has 0 aliphatic carbocycles. The summed E-state index contributed by atoms with van der Waals surface area (Å²) in [5.74, 6) is -0.736. The molecule has 0 bridgehead atoms. The summed E-state index contributed by atoms with van der Waals surface area (Å²) in [5, 5.41) is 0. The van der Waals surface area contributed by atoms with E-state index in [0.29, 0.717) is 24.3 Å². The number of benzene rings is 1.